The van der Waals surface area contributed by atoms with Crippen LogP contribution in [0, 0.1) is 12.7 Å². The summed E-state index contributed by atoms with van der Waals surface area (Å²) in [6, 6.07) is 9.16. The average molecular weight is 351 g/mol. The monoisotopic (exact) mass is 350 g/mol. The molecule has 1 aromatic carbocycles. The lowest BCUT2D eigenvalue weighted by atomic mass is 9.99. The molecule has 2 aromatic rings. The lowest BCUT2D eigenvalue weighted by Crippen LogP contribution is -2.24. The molecule has 2 rings (SSSR count). The van der Waals surface area contributed by atoms with E-state index in [4.69, 9.17) is 0 Å². The summed E-state index contributed by atoms with van der Waals surface area (Å²) in [5, 5.41) is 3.54. The van der Waals surface area contributed by atoms with Crippen LogP contribution in [0.15, 0.2) is 41.0 Å². The van der Waals surface area contributed by atoms with Gasteiger partial charge in [0.1, 0.15) is 5.82 Å². The van der Waals surface area contributed by atoms with Crippen molar-refractivity contribution in [1.82, 2.24) is 10.3 Å². The van der Waals surface area contributed by atoms with E-state index in [9.17, 15) is 4.39 Å². The summed E-state index contributed by atoms with van der Waals surface area (Å²) >= 11 is 3.44. The summed E-state index contributed by atoms with van der Waals surface area (Å²) < 4.78 is 14.0. The third-order valence-corrected chi connectivity index (χ3v) is 4.15. The molecule has 1 aromatic heterocycles. The zero-order valence-electron chi connectivity index (χ0n) is 12.4. The Labute approximate surface area is 133 Å². The number of rotatable bonds is 6. The number of halogens is 2. The van der Waals surface area contributed by atoms with Crippen LogP contribution in [0.2, 0.25) is 0 Å². The first kappa shape index (κ1) is 16.1. The summed E-state index contributed by atoms with van der Waals surface area (Å²) in [6.07, 6.45) is 3.78. The van der Waals surface area contributed by atoms with Crippen LogP contribution >= 0.6 is 15.9 Å². The molecule has 0 aliphatic carbocycles. The highest BCUT2D eigenvalue weighted by Gasteiger charge is 2.14. The van der Waals surface area contributed by atoms with E-state index in [0.29, 0.717) is 0 Å². The second kappa shape index (κ2) is 7.66. The van der Waals surface area contributed by atoms with Crippen molar-refractivity contribution < 1.29 is 4.39 Å². The molecule has 0 spiro atoms. The van der Waals surface area contributed by atoms with Crippen molar-refractivity contribution in [3.8, 4) is 0 Å². The minimum Gasteiger partial charge on any atom is -0.310 e. The van der Waals surface area contributed by atoms with E-state index >= 15 is 0 Å². The summed E-state index contributed by atoms with van der Waals surface area (Å²) in [5.41, 5.74) is 3.26. The molecule has 0 bridgehead atoms. The van der Waals surface area contributed by atoms with Gasteiger partial charge in [0.15, 0.2) is 0 Å². The first-order valence-corrected chi connectivity index (χ1v) is 7.99. The minimum absolute atomic E-state index is 0.180. The maximum absolute atomic E-state index is 13.2. The van der Waals surface area contributed by atoms with E-state index in [2.05, 4.69) is 39.2 Å². The summed E-state index contributed by atoms with van der Waals surface area (Å²) in [7, 11) is 0. The van der Waals surface area contributed by atoms with Gasteiger partial charge in [0.05, 0.1) is 0 Å². The molecule has 21 heavy (non-hydrogen) atoms. The third-order valence-electron chi connectivity index (χ3n) is 3.42. The molecule has 0 aliphatic rings. The van der Waals surface area contributed by atoms with Gasteiger partial charge in [-0.1, -0.05) is 35.0 Å². The van der Waals surface area contributed by atoms with E-state index in [1.165, 1.54) is 12.1 Å². The first-order chi connectivity index (χ1) is 10.1. The minimum atomic E-state index is -0.222. The van der Waals surface area contributed by atoms with Gasteiger partial charge in [-0.05, 0) is 55.6 Å². The van der Waals surface area contributed by atoms with Gasteiger partial charge in [0.25, 0.3) is 0 Å². The van der Waals surface area contributed by atoms with Crippen molar-refractivity contribution in [2.24, 2.45) is 0 Å². The van der Waals surface area contributed by atoms with Gasteiger partial charge in [0, 0.05) is 22.4 Å². The van der Waals surface area contributed by atoms with Gasteiger partial charge in [-0.2, -0.15) is 0 Å². The van der Waals surface area contributed by atoms with E-state index in [-0.39, 0.29) is 11.9 Å². The molecular formula is C17H20BrFN2. The maximum Gasteiger partial charge on any atom is 0.124 e. The van der Waals surface area contributed by atoms with E-state index in [0.717, 1.165) is 40.7 Å². The number of benzene rings is 1. The molecule has 0 amide bonds. The Hall–Kier alpha value is -1.26. The first-order valence-electron chi connectivity index (χ1n) is 7.20. The number of nitrogens with one attached hydrogen (secondary N) is 1. The maximum atomic E-state index is 13.2. The SMILES string of the molecule is CCCNC(Cc1ccc(F)cc1Br)c1ccc(C)nc1. The van der Waals surface area contributed by atoms with Crippen molar-refractivity contribution in [2.75, 3.05) is 6.54 Å². The number of hydrogen-bond donors (Lipinski definition) is 1. The van der Waals surface area contributed by atoms with Crippen molar-refractivity contribution in [3.05, 3.63) is 63.6 Å². The topological polar surface area (TPSA) is 24.9 Å². The summed E-state index contributed by atoms with van der Waals surface area (Å²) in [4.78, 5) is 4.37. The van der Waals surface area contributed by atoms with Gasteiger partial charge in [-0.15, -0.1) is 0 Å². The lowest BCUT2D eigenvalue weighted by molar-refractivity contribution is 0.526. The highest BCUT2D eigenvalue weighted by molar-refractivity contribution is 9.10. The standard InChI is InChI=1S/C17H20BrFN2/c1-3-8-20-17(14-5-4-12(2)21-11-14)9-13-6-7-15(19)10-16(13)18/h4-7,10-11,17,20H,3,8-9H2,1-2H3. The highest BCUT2D eigenvalue weighted by atomic mass is 79.9. The molecule has 1 heterocycles. The Morgan fingerprint density at radius 3 is 2.71 bits per heavy atom. The normalized spacial score (nSPS) is 12.4. The molecular weight excluding hydrogens is 331 g/mol. The van der Waals surface area contributed by atoms with Crippen molar-refractivity contribution in [3.63, 3.8) is 0 Å². The molecule has 0 fully saturated rings. The van der Waals surface area contributed by atoms with Crippen molar-refractivity contribution in [2.45, 2.75) is 32.7 Å². The molecule has 0 radical (unpaired) electrons. The second-order valence-corrected chi connectivity index (χ2v) is 6.03. The Kier molecular flexibility index (Phi) is 5.88. The fourth-order valence-corrected chi connectivity index (χ4v) is 2.73. The van der Waals surface area contributed by atoms with Gasteiger partial charge >= 0.3 is 0 Å². The lowest BCUT2D eigenvalue weighted by Gasteiger charge is -2.20. The van der Waals surface area contributed by atoms with Crippen LogP contribution in [0.3, 0.4) is 0 Å². The zero-order valence-corrected chi connectivity index (χ0v) is 14.0. The number of nitrogens with zero attached hydrogens (tertiary/aromatic N) is 1. The van der Waals surface area contributed by atoms with Crippen LogP contribution in [0.4, 0.5) is 4.39 Å². The van der Waals surface area contributed by atoms with E-state index in [1.54, 1.807) is 0 Å². The molecule has 0 aliphatic heterocycles. The summed E-state index contributed by atoms with van der Waals surface area (Å²) in [6.45, 7) is 5.07. The molecule has 0 saturated carbocycles. The van der Waals surface area contributed by atoms with Crippen molar-refractivity contribution in [1.29, 1.82) is 0 Å². The molecule has 2 nitrogen and oxygen atoms in total. The van der Waals surface area contributed by atoms with Crippen molar-refractivity contribution >= 4 is 15.9 Å². The number of pyridine rings is 1. The van der Waals surface area contributed by atoms with E-state index < -0.39 is 0 Å². The molecule has 1 N–H and O–H groups in total. The molecule has 112 valence electrons. The smallest absolute Gasteiger partial charge is 0.124 e. The number of hydrogen-bond acceptors (Lipinski definition) is 2. The Morgan fingerprint density at radius 1 is 1.29 bits per heavy atom. The molecule has 0 saturated heterocycles. The highest BCUT2D eigenvalue weighted by Crippen LogP contribution is 2.24. The van der Waals surface area contributed by atoms with Crippen LogP contribution in [0.1, 0.15) is 36.2 Å². The molecule has 1 atom stereocenters. The fraction of sp³-hybridized carbons (Fsp3) is 0.353. The zero-order chi connectivity index (χ0) is 15.2. The Balaban J connectivity index is 2.21. The van der Waals surface area contributed by atoms with Gasteiger partial charge in [0.2, 0.25) is 0 Å². The quantitative estimate of drug-likeness (QED) is 0.824. The number of aryl methyl sites for hydroxylation is 1. The van der Waals surface area contributed by atoms with Crippen LogP contribution in [-0.2, 0) is 6.42 Å². The van der Waals surface area contributed by atoms with Gasteiger partial charge < -0.3 is 5.32 Å². The third kappa shape index (κ3) is 4.61. The largest absolute Gasteiger partial charge is 0.310 e. The van der Waals surface area contributed by atoms with Gasteiger partial charge in [-0.25, -0.2) is 4.39 Å². The summed E-state index contributed by atoms with van der Waals surface area (Å²) in [5.74, 6) is -0.222. The van der Waals surface area contributed by atoms with Crippen LogP contribution in [-0.4, -0.2) is 11.5 Å². The van der Waals surface area contributed by atoms with Crippen LogP contribution < -0.4 is 5.32 Å². The van der Waals surface area contributed by atoms with E-state index in [1.807, 2.05) is 25.3 Å². The van der Waals surface area contributed by atoms with Crippen LogP contribution in [0.5, 0.6) is 0 Å². The fourth-order valence-electron chi connectivity index (χ4n) is 2.22. The number of aromatic nitrogens is 1. The Bertz CT molecular complexity index is 584. The molecule has 1 unspecified atom stereocenters. The predicted molar refractivity (Wildman–Crippen MR) is 87.8 cm³/mol. The Morgan fingerprint density at radius 2 is 2.10 bits per heavy atom. The average Bonchev–Trinajstić information content (AvgIpc) is 2.46. The van der Waals surface area contributed by atoms with Crippen LogP contribution in [0.25, 0.3) is 0 Å². The second-order valence-electron chi connectivity index (χ2n) is 5.18. The predicted octanol–water partition coefficient (Wildman–Crippen LogP) is 4.58. The molecule has 4 heteroatoms. The van der Waals surface area contributed by atoms with Gasteiger partial charge in [-0.3, -0.25) is 4.98 Å².